The molecule has 140 valence electrons. The van der Waals surface area contributed by atoms with Gasteiger partial charge in [-0.1, -0.05) is 30.3 Å². The Balaban J connectivity index is 1.45. The molecule has 0 saturated heterocycles. The monoisotopic (exact) mass is 374 g/mol. The van der Waals surface area contributed by atoms with Crippen LogP contribution in [-0.4, -0.2) is 39.8 Å². The van der Waals surface area contributed by atoms with Crippen LogP contribution in [-0.2, 0) is 11.3 Å². The van der Waals surface area contributed by atoms with E-state index in [9.17, 15) is 9.59 Å². The number of rotatable bonds is 2. The number of imidazole rings is 1. The minimum absolute atomic E-state index is 0.0216. The molecule has 1 aromatic heterocycles. The molecule has 2 aromatic carbocycles. The average Bonchev–Trinajstić information content (AvgIpc) is 3.21. The van der Waals surface area contributed by atoms with Crippen molar-refractivity contribution in [2.75, 3.05) is 18.5 Å². The Morgan fingerprint density at radius 3 is 2.89 bits per heavy atom. The van der Waals surface area contributed by atoms with Gasteiger partial charge in [0.05, 0.1) is 29.9 Å². The van der Waals surface area contributed by atoms with E-state index < -0.39 is 0 Å². The van der Waals surface area contributed by atoms with Crippen LogP contribution in [0.4, 0.5) is 5.69 Å². The van der Waals surface area contributed by atoms with Crippen molar-refractivity contribution in [2.45, 2.75) is 12.5 Å². The normalized spacial score (nSPS) is 17.9. The summed E-state index contributed by atoms with van der Waals surface area (Å²) in [7, 11) is 0. The maximum atomic E-state index is 13.2. The summed E-state index contributed by atoms with van der Waals surface area (Å²) in [5.74, 6) is 0.266. The van der Waals surface area contributed by atoms with Crippen LogP contribution in [0.25, 0.3) is 0 Å². The van der Waals surface area contributed by atoms with Crippen molar-refractivity contribution in [3.63, 3.8) is 0 Å². The lowest BCUT2D eigenvalue weighted by molar-refractivity contribution is -0.118. The topological polar surface area (TPSA) is 87.3 Å². The number of amides is 2. The molecule has 0 spiro atoms. The molecule has 0 bridgehead atoms. The molecular formula is C21H18N4O3. The van der Waals surface area contributed by atoms with E-state index in [1.54, 1.807) is 24.5 Å². The maximum Gasteiger partial charge on any atom is 0.262 e. The molecule has 28 heavy (non-hydrogen) atoms. The lowest BCUT2D eigenvalue weighted by atomic mass is 9.90. The molecule has 7 nitrogen and oxygen atoms in total. The molecule has 1 unspecified atom stereocenters. The van der Waals surface area contributed by atoms with Gasteiger partial charge in [0.25, 0.3) is 11.8 Å². The molecule has 7 heteroatoms. The SMILES string of the molecule is O=C1COc2cc(C(=O)N3Cc4[nH]cnc4C(c4ccccc4)C3)ccc2N1. The van der Waals surface area contributed by atoms with Crippen LogP contribution in [0.15, 0.2) is 54.9 Å². The molecule has 1 atom stereocenters. The summed E-state index contributed by atoms with van der Waals surface area (Å²) >= 11 is 0. The second-order valence-electron chi connectivity index (χ2n) is 6.96. The second kappa shape index (κ2) is 6.53. The van der Waals surface area contributed by atoms with Gasteiger partial charge in [-0.15, -0.1) is 0 Å². The van der Waals surface area contributed by atoms with Crippen LogP contribution in [0.1, 0.15) is 33.2 Å². The van der Waals surface area contributed by atoms with Gasteiger partial charge in [0.2, 0.25) is 0 Å². The zero-order chi connectivity index (χ0) is 19.1. The number of aromatic amines is 1. The van der Waals surface area contributed by atoms with E-state index in [4.69, 9.17) is 4.74 Å². The van der Waals surface area contributed by atoms with Crippen LogP contribution in [0, 0.1) is 0 Å². The van der Waals surface area contributed by atoms with Gasteiger partial charge in [-0.2, -0.15) is 0 Å². The zero-order valence-electron chi connectivity index (χ0n) is 15.0. The fourth-order valence-electron chi connectivity index (χ4n) is 3.81. The summed E-state index contributed by atoms with van der Waals surface area (Å²) < 4.78 is 5.45. The van der Waals surface area contributed by atoms with E-state index >= 15 is 0 Å². The summed E-state index contributed by atoms with van der Waals surface area (Å²) in [6.07, 6.45) is 1.68. The summed E-state index contributed by atoms with van der Waals surface area (Å²) in [6.45, 7) is 0.990. The third kappa shape index (κ3) is 2.81. The molecule has 0 saturated carbocycles. The van der Waals surface area contributed by atoms with Crippen LogP contribution in [0.2, 0.25) is 0 Å². The Labute approximate surface area is 161 Å². The Hall–Kier alpha value is -3.61. The van der Waals surface area contributed by atoms with Crippen LogP contribution >= 0.6 is 0 Å². The fourth-order valence-corrected chi connectivity index (χ4v) is 3.81. The zero-order valence-corrected chi connectivity index (χ0v) is 15.0. The Bertz CT molecular complexity index is 1060. The minimum Gasteiger partial charge on any atom is -0.482 e. The Morgan fingerprint density at radius 2 is 2.04 bits per heavy atom. The van der Waals surface area contributed by atoms with E-state index in [0.717, 1.165) is 17.0 Å². The number of carbonyl (C=O) groups excluding carboxylic acids is 2. The van der Waals surface area contributed by atoms with Gasteiger partial charge in [-0.05, 0) is 23.8 Å². The average molecular weight is 374 g/mol. The summed E-state index contributed by atoms with van der Waals surface area (Å²) in [5, 5.41) is 2.74. The molecule has 2 amide bonds. The second-order valence-corrected chi connectivity index (χ2v) is 6.96. The molecule has 0 fully saturated rings. The Kier molecular flexibility index (Phi) is 3.86. The lowest BCUT2D eigenvalue weighted by Crippen LogP contribution is -2.38. The van der Waals surface area contributed by atoms with Crippen molar-refractivity contribution in [2.24, 2.45) is 0 Å². The van der Waals surface area contributed by atoms with E-state index in [2.05, 4.69) is 27.4 Å². The molecule has 2 aliphatic heterocycles. The molecule has 3 heterocycles. The highest BCUT2D eigenvalue weighted by atomic mass is 16.5. The first-order valence-corrected chi connectivity index (χ1v) is 9.12. The molecule has 3 aromatic rings. The first-order chi connectivity index (χ1) is 13.7. The molecule has 2 N–H and O–H groups in total. The van der Waals surface area contributed by atoms with Crippen LogP contribution in [0.3, 0.4) is 0 Å². The fraction of sp³-hybridized carbons (Fsp3) is 0.190. The summed E-state index contributed by atoms with van der Waals surface area (Å²) in [4.78, 5) is 34.1. The quantitative estimate of drug-likeness (QED) is 0.722. The highest BCUT2D eigenvalue weighted by molar-refractivity contribution is 5.99. The van der Waals surface area contributed by atoms with Gasteiger partial charge in [-0.3, -0.25) is 9.59 Å². The predicted molar refractivity (Wildman–Crippen MR) is 102 cm³/mol. The number of carbonyl (C=O) groups is 2. The van der Waals surface area contributed by atoms with Gasteiger partial charge in [0, 0.05) is 18.0 Å². The highest BCUT2D eigenvalue weighted by Gasteiger charge is 2.32. The lowest BCUT2D eigenvalue weighted by Gasteiger charge is -2.32. The maximum absolute atomic E-state index is 13.2. The third-order valence-corrected chi connectivity index (χ3v) is 5.18. The van der Waals surface area contributed by atoms with Gasteiger partial charge in [0.15, 0.2) is 6.61 Å². The van der Waals surface area contributed by atoms with E-state index in [0.29, 0.717) is 30.1 Å². The largest absolute Gasteiger partial charge is 0.482 e. The summed E-state index contributed by atoms with van der Waals surface area (Å²) in [5.41, 5.74) is 4.20. The number of nitrogens with one attached hydrogen (secondary N) is 2. The van der Waals surface area contributed by atoms with Crippen molar-refractivity contribution in [1.82, 2.24) is 14.9 Å². The van der Waals surface area contributed by atoms with Gasteiger partial charge < -0.3 is 19.9 Å². The summed E-state index contributed by atoms with van der Waals surface area (Å²) in [6, 6.07) is 15.2. The number of benzene rings is 2. The van der Waals surface area contributed by atoms with Gasteiger partial charge in [-0.25, -0.2) is 4.98 Å². The predicted octanol–water partition coefficient (Wildman–Crippen LogP) is 2.53. The van der Waals surface area contributed by atoms with Crippen molar-refractivity contribution < 1.29 is 14.3 Å². The van der Waals surface area contributed by atoms with Crippen molar-refractivity contribution in [3.8, 4) is 5.75 Å². The minimum atomic E-state index is -0.194. The van der Waals surface area contributed by atoms with E-state index in [-0.39, 0.29) is 24.3 Å². The van der Waals surface area contributed by atoms with Crippen LogP contribution in [0.5, 0.6) is 5.75 Å². The standard InChI is InChI=1S/C21H18N4O3/c26-19-11-28-18-8-14(6-7-16(18)24-19)21(27)25-9-15(13-4-2-1-3-5-13)20-17(10-25)22-12-23-20/h1-8,12,15H,9-11H2,(H,22,23)(H,24,26). The number of hydrogen-bond acceptors (Lipinski definition) is 4. The third-order valence-electron chi connectivity index (χ3n) is 5.18. The Morgan fingerprint density at radius 1 is 1.18 bits per heavy atom. The molecule has 0 aliphatic carbocycles. The number of hydrogen-bond donors (Lipinski definition) is 2. The van der Waals surface area contributed by atoms with Crippen molar-refractivity contribution >= 4 is 17.5 Å². The first kappa shape index (κ1) is 16.6. The smallest absolute Gasteiger partial charge is 0.262 e. The van der Waals surface area contributed by atoms with Gasteiger partial charge >= 0.3 is 0 Å². The molecule has 5 rings (SSSR count). The van der Waals surface area contributed by atoms with E-state index in [1.165, 1.54) is 0 Å². The number of fused-ring (bicyclic) bond motifs is 2. The highest BCUT2D eigenvalue weighted by Crippen LogP contribution is 2.33. The number of nitrogens with zero attached hydrogens (tertiary/aromatic N) is 2. The van der Waals surface area contributed by atoms with Gasteiger partial charge in [0.1, 0.15) is 5.75 Å². The molecular weight excluding hydrogens is 356 g/mol. The molecule has 2 aliphatic rings. The number of anilines is 1. The van der Waals surface area contributed by atoms with Crippen molar-refractivity contribution in [1.29, 1.82) is 0 Å². The number of ether oxygens (including phenoxy) is 1. The first-order valence-electron chi connectivity index (χ1n) is 9.12. The van der Waals surface area contributed by atoms with Crippen molar-refractivity contribution in [3.05, 3.63) is 77.4 Å². The van der Waals surface area contributed by atoms with E-state index in [1.807, 2.05) is 23.1 Å². The number of H-pyrrole nitrogens is 1. The van der Waals surface area contributed by atoms with Crippen LogP contribution < -0.4 is 10.1 Å². The molecule has 0 radical (unpaired) electrons. The number of aromatic nitrogens is 2.